The fourth-order valence-electron chi connectivity index (χ4n) is 2.15. The van der Waals surface area contributed by atoms with Crippen LogP contribution >= 0.6 is 0 Å². The molecule has 0 aliphatic rings. The van der Waals surface area contributed by atoms with E-state index in [1.165, 1.54) is 6.92 Å². The van der Waals surface area contributed by atoms with Crippen molar-refractivity contribution in [3.8, 4) is 0 Å². The van der Waals surface area contributed by atoms with Gasteiger partial charge in [0, 0.05) is 17.7 Å². The second-order valence-corrected chi connectivity index (χ2v) is 5.89. The van der Waals surface area contributed by atoms with E-state index >= 15 is 0 Å². The van der Waals surface area contributed by atoms with Crippen LogP contribution < -0.4 is 10.6 Å². The SMILES string of the molecule is Cc1cc(NC(=O)C(C)OC(=O)CC(C)NC(=O)c2ccccc2)no1. The summed E-state index contributed by atoms with van der Waals surface area (Å²) in [4.78, 5) is 36.0. The van der Waals surface area contributed by atoms with Crippen molar-refractivity contribution in [2.24, 2.45) is 0 Å². The van der Waals surface area contributed by atoms with Gasteiger partial charge in [-0.15, -0.1) is 0 Å². The van der Waals surface area contributed by atoms with Crippen LogP contribution in [-0.2, 0) is 14.3 Å². The Labute approximate surface area is 150 Å². The maximum atomic E-state index is 12.0. The van der Waals surface area contributed by atoms with Gasteiger partial charge in [-0.3, -0.25) is 14.4 Å². The second kappa shape index (κ2) is 8.80. The van der Waals surface area contributed by atoms with Crippen LogP contribution in [0.3, 0.4) is 0 Å². The number of nitrogens with one attached hydrogen (secondary N) is 2. The van der Waals surface area contributed by atoms with Gasteiger partial charge in [-0.1, -0.05) is 23.4 Å². The van der Waals surface area contributed by atoms with E-state index in [2.05, 4.69) is 15.8 Å². The fourth-order valence-corrected chi connectivity index (χ4v) is 2.15. The number of hydrogen-bond acceptors (Lipinski definition) is 6. The largest absolute Gasteiger partial charge is 0.452 e. The number of esters is 1. The minimum Gasteiger partial charge on any atom is -0.452 e. The molecule has 2 aromatic rings. The van der Waals surface area contributed by atoms with Crippen molar-refractivity contribution in [2.75, 3.05) is 5.32 Å². The molecule has 8 nitrogen and oxygen atoms in total. The van der Waals surface area contributed by atoms with Crippen LogP contribution in [0.5, 0.6) is 0 Å². The topological polar surface area (TPSA) is 111 Å². The number of aromatic nitrogens is 1. The molecule has 0 radical (unpaired) electrons. The number of hydrogen-bond donors (Lipinski definition) is 2. The number of aryl methyl sites for hydroxylation is 1. The van der Waals surface area contributed by atoms with Crippen LogP contribution in [-0.4, -0.2) is 35.1 Å². The van der Waals surface area contributed by atoms with Crippen LogP contribution in [0, 0.1) is 6.92 Å². The summed E-state index contributed by atoms with van der Waals surface area (Å²) in [7, 11) is 0. The first-order valence-electron chi connectivity index (χ1n) is 8.14. The van der Waals surface area contributed by atoms with Gasteiger partial charge in [0.25, 0.3) is 11.8 Å². The van der Waals surface area contributed by atoms with E-state index in [1.54, 1.807) is 44.2 Å². The standard InChI is InChI=1S/C18H21N3O5/c1-11(19-18(24)14-7-5-4-6-8-14)9-16(22)25-13(3)17(23)20-15-10-12(2)26-21-15/h4-8,10-11,13H,9H2,1-3H3,(H,19,24)(H,20,21,23). The van der Waals surface area contributed by atoms with Gasteiger partial charge in [-0.25, -0.2) is 0 Å². The summed E-state index contributed by atoms with van der Waals surface area (Å²) < 4.78 is 9.93. The third kappa shape index (κ3) is 5.73. The molecule has 2 unspecified atom stereocenters. The second-order valence-electron chi connectivity index (χ2n) is 5.89. The Kier molecular flexibility index (Phi) is 6.48. The summed E-state index contributed by atoms with van der Waals surface area (Å²) in [6.45, 7) is 4.83. The van der Waals surface area contributed by atoms with Gasteiger partial charge in [-0.2, -0.15) is 0 Å². The van der Waals surface area contributed by atoms with Crippen molar-refractivity contribution >= 4 is 23.6 Å². The van der Waals surface area contributed by atoms with E-state index in [9.17, 15) is 14.4 Å². The zero-order valence-electron chi connectivity index (χ0n) is 14.8. The lowest BCUT2D eigenvalue weighted by Crippen LogP contribution is -2.36. The lowest BCUT2D eigenvalue weighted by molar-refractivity contribution is -0.153. The van der Waals surface area contributed by atoms with Crippen LogP contribution in [0.15, 0.2) is 40.9 Å². The molecule has 1 heterocycles. The molecular weight excluding hydrogens is 338 g/mol. The Morgan fingerprint density at radius 2 is 1.88 bits per heavy atom. The Balaban J connectivity index is 1.77. The van der Waals surface area contributed by atoms with Crippen molar-refractivity contribution in [2.45, 2.75) is 39.3 Å². The van der Waals surface area contributed by atoms with Gasteiger partial charge in [-0.05, 0) is 32.9 Å². The summed E-state index contributed by atoms with van der Waals surface area (Å²) in [6, 6.07) is 9.78. The Morgan fingerprint density at radius 3 is 2.50 bits per heavy atom. The van der Waals surface area contributed by atoms with E-state index in [0.717, 1.165) is 0 Å². The third-order valence-electron chi connectivity index (χ3n) is 3.44. The molecule has 0 aliphatic carbocycles. The number of benzene rings is 1. The summed E-state index contributed by atoms with van der Waals surface area (Å²) in [6.07, 6.45) is -1.06. The van der Waals surface area contributed by atoms with Gasteiger partial charge in [0.15, 0.2) is 11.9 Å². The maximum absolute atomic E-state index is 12.0. The summed E-state index contributed by atoms with van der Waals surface area (Å²) in [5.41, 5.74) is 0.503. The number of anilines is 1. The molecule has 0 fully saturated rings. The monoisotopic (exact) mass is 359 g/mol. The molecule has 2 atom stereocenters. The highest BCUT2D eigenvalue weighted by Gasteiger charge is 2.21. The Morgan fingerprint density at radius 1 is 1.19 bits per heavy atom. The summed E-state index contributed by atoms with van der Waals surface area (Å²) in [5, 5.41) is 8.83. The minimum atomic E-state index is -1.00. The molecule has 0 saturated heterocycles. The molecule has 0 aliphatic heterocycles. The molecule has 8 heteroatoms. The average molecular weight is 359 g/mol. The molecule has 26 heavy (non-hydrogen) atoms. The highest BCUT2D eigenvalue weighted by molar-refractivity contribution is 5.95. The zero-order valence-corrected chi connectivity index (χ0v) is 14.8. The molecule has 138 valence electrons. The van der Waals surface area contributed by atoms with Crippen molar-refractivity contribution < 1.29 is 23.6 Å². The molecule has 0 spiro atoms. The highest BCUT2D eigenvalue weighted by atomic mass is 16.5. The number of amides is 2. The molecule has 1 aromatic heterocycles. The van der Waals surface area contributed by atoms with Gasteiger partial charge >= 0.3 is 5.97 Å². The number of carbonyl (C=O) groups is 3. The maximum Gasteiger partial charge on any atom is 0.308 e. The molecule has 2 amide bonds. The number of ether oxygens (including phenoxy) is 1. The molecule has 0 saturated carbocycles. The van der Waals surface area contributed by atoms with E-state index in [-0.39, 0.29) is 18.1 Å². The predicted octanol–water partition coefficient (Wildman–Crippen LogP) is 2.06. The van der Waals surface area contributed by atoms with E-state index < -0.39 is 24.0 Å². The van der Waals surface area contributed by atoms with Gasteiger partial charge in [0.2, 0.25) is 0 Å². The Bertz CT molecular complexity index is 772. The molecule has 2 N–H and O–H groups in total. The smallest absolute Gasteiger partial charge is 0.308 e. The van der Waals surface area contributed by atoms with E-state index in [1.807, 2.05) is 6.07 Å². The van der Waals surface area contributed by atoms with Crippen molar-refractivity contribution in [3.63, 3.8) is 0 Å². The van der Waals surface area contributed by atoms with Gasteiger partial charge < -0.3 is 19.9 Å². The predicted molar refractivity (Wildman–Crippen MR) is 93.4 cm³/mol. The lowest BCUT2D eigenvalue weighted by atomic mass is 10.2. The van der Waals surface area contributed by atoms with Crippen molar-refractivity contribution in [1.29, 1.82) is 0 Å². The first-order valence-corrected chi connectivity index (χ1v) is 8.14. The molecule has 1 aromatic carbocycles. The average Bonchev–Trinajstić information content (AvgIpc) is 3.00. The highest BCUT2D eigenvalue weighted by Crippen LogP contribution is 2.09. The fraction of sp³-hybridized carbons (Fsp3) is 0.333. The van der Waals surface area contributed by atoms with Crippen LogP contribution in [0.2, 0.25) is 0 Å². The lowest BCUT2D eigenvalue weighted by Gasteiger charge is -2.16. The number of carbonyl (C=O) groups excluding carboxylic acids is 3. The van der Waals surface area contributed by atoms with Gasteiger partial charge in [0.05, 0.1) is 6.42 Å². The summed E-state index contributed by atoms with van der Waals surface area (Å²) in [5.74, 6) is -0.595. The van der Waals surface area contributed by atoms with Crippen LogP contribution in [0.4, 0.5) is 5.82 Å². The zero-order chi connectivity index (χ0) is 19.1. The van der Waals surface area contributed by atoms with E-state index in [4.69, 9.17) is 9.26 Å². The van der Waals surface area contributed by atoms with Crippen LogP contribution in [0.1, 0.15) is 36.4 Å². The molecular formula is C18H21N3O5. The Hall–Kier alpha value is -3.16. The summed E-state index contributed by atoms with van der Waals surface area (Å²) >= 11 is 0. The first-order chi connectivity index (χ1) is 12.3. The van der Waals surface area contributed by atoms with Crippen molar-refractivity contribution in [1.82, 2.24) is 10.5 Å². The molecule has 0 bridgehead atoms. The normalized spacial score (nSPS) is 12.7. The van der Waals surface area contributed by atoms with Gasteiger partial charge in [0.1, 0.15) is 5.76 Å². The third-order valence-corrected chi connectivity index (χ3v) is 3.44. The van der Waals surface area contributed by atoms with Crippen molar-refractivity contribution in [3.05, 3.63) is 47.7 Å². The van der Waals surface area contributed by atoms with Crippen LogP contribution in [0.25, 0.3) is 0 Å². The first kappa shape index (κ1) is 19.2. The van der Waals surface area contributed by atoms with E-state index in [0.29, 0.717) is 11.3 Å². The molecule has 2 rings (SSSR count). The quantitative estimate of drug-likeness (QED) is 0.732. The number of rotatable bonds is 7. The number of nitrogens with zero attached hydrogens (tertiary/aromatic N) is 1. The minimum absolute atomic E-state index is 0.0563.